The standard InChI is InChI=1S/C58H51N/c1-57(2,3)46-37-45(38-47(39-46)58(4,5)6)52-26-15-19-44-20-16-27-54(56(44)52)53-24-12-13-28-55(53)59(48-21-8-7-9-22-48)49-35-33-41(34-36-49)40-29-31-43(32-30-40)51-25-14-18-42-17-10-11-23-50(42)51/h7-39H,1-6H3. The summed E-state index contributed by atoms with van der Waals surface area (Å²) in [7, 11) is 0. The maximum Gasteiger partial charge on any atom is 0.0540 e. The van der Waals surface area contributed by atoms with Crippen LogP contribution < -0.4 is 4.90 Å². The van der Waals surface area contributed by atoms with Gasteiger partial charge in [0.1, 0.15) is 0 Å². The van der Waals surface area contributed by atoms with Crippen molar-refractivity contribution in [3.63, 3.8) is 0 Å². The molecule has 0 bridgehead atoms. The van der Waals surface area contributed by atoms with Crippen LogP contribution in [0, 0.1) is 0 Å². The van der Waals surface area contributed by atoms with Gasteiger partial charge in [-0.3, -0.25) is 0 Å². The van der Waals surface area contributed by atoms with E-state index in [9.17, 15) is 0 Å². The number of hydrogen-bond donors (Lipinski definition) is 0. The Hall–Kier alpha value is -6.70. The zero-order chi connectivity index (χ0) is 40.7. The van der Waals surface area contributed by atoms with Gasteiger partial charge in [-0.05, 0) is 113 Å². The zero-order valence-electron chi connectivity index (χ0n) is 35.0. The van der Waals surface area contributed by atoms with Crippen LogP contribution >= 0.6 is 0 Å². The molecule has 9 aromatic rings. The van der Waals surface area contributed by atoms with Crippen LogP contribution in [0.15, 0.2) is 200 Å². The third-order valence-electron chi connectivity index (χ3n) is 11.8. The molecule has 9 aromatic carbocycles. The van der Waals surface area contributed by atoms with Gasteiger partial charge in [0.15, 0.2) is 0 Å². The normalized spacial score (nSPS) is 11.9. The number of hydrogen-bond acceptors (Lipinski definition) is 1. The summed E-state index contributed by atoms with van der Waals surface area (Å²) in [6.45, 7) is 13.9. The second-order valence-electron chi connectivity index (χ2n) is 17.8. The molecule has 288 valence electrons. The summed E-state index contributed by atoms with van der Waals surface area (Å²) < 4.78 is 0. The van der Waals surface area contributed by atoms with Crippen LogP contribution in [0.3, 0.4) is 0 Å². The van der Waals surface area contributed by atoms with Gasteiger partial charge in [0.2, 0.25) is 0 Å². The molecule has 0 aliphatic carbocycles. The van der Waals surface area contributed by atoms with Gasteiger partial charge >= 0.3 is 0 Å². The molecule has 0 atom stereocenters. The number of para-hydroxylation sites is 2. The van der Waals surface area contributed by atoms with Crippen molar-refractivity contribution < 1.29 is 0 Å². The summed E-state index contributed by atoms with van der Waals surface area (Å²) in [6.07, 6.45) is 0. The first-order chi connectivity index (χ1) is 28.5. The van der Waals surface area contributed by atoms with Gasteiger partial charge in [-0.1, -0.05) is 211 Å². The molecule has 9 rings (SSSR count). The van der Waals surface area contributed by atoms with Crippen LogP contribution in [-0.2, 0) is 10.8 Å². The second-order valence-corrected chi connectivity index (χ2v) is 17.8. The number of fused-ring (bicyclic) bond motifs is 2. The lowest BCUT2D eigenvalue weighted by Crippen LogP contribution is -2.16. The molecular formula is C58H51N. The van der Waals surface area contributed by atoms with Gasteiger partial charge in [0.05, 0.1) is 5.69 Å². The molecule has 0 saturated heterocycles. The predicted octanol–water partition coefficient (Wildman–Crippen LogP) is 16.7. The van der Waals surface area contributed by atoms with Crippen molar-refractivity contribution in [2.45, 2.75) is 52.4 Å². The quantitative estimate of drug-likeness (QED) is 0.156. The van der Waals surface area contributed by atoms with Crippen LogP contribution in [0.25, 0.3) is 66.1 Å². The Kier molecular flexibility index (Phi) is 9.77. The minimum absolute atomic E-state index is 0.0166. The first-order valence-corrected chi connectivity index (χ1v) is 20.8. The lowest BCUT2D eigenvalue weighted by molar-refractivity contribution is 0.569. The summed E-state index contributed by atoms with van der Waals surface area (Å²) in [5.41, 5.74) is 15.9. The first kappa shape index (κ1) is 37.9. The molecule has 1 nitrogen and oxygen atoms in total. The summed E-state index contributed by atoms with van der Waals surface area (Å²) in [5.74, 6) is 0. The van der Waals surface area contributed by atoms with E-state index >= 15 is 0 Å². The molecule has 59 heavy (non-hydrogen) atoms. The summed E-state index contributed by atoms with van der Waals surface area (Å²) in [4.78, 5) is 2.40. The molecule has 0 radical (unpaired) electrons. The largest absolute Gasteiger partial charge is 0.310 e. The van der Waals surface area contributed by atoms with E-state index in [1.54, 1.807) is 0 Å². The fraction of sp³-hybridized carbons (Fsp3) is 0.138. The Labute approximate surface area is 350 Å². The molecule has 0 N–H and O–H groups in total. The van der Waals surface area contributed by atoms with Gasteiger partial charge < -0.3 is 4.90 Å². The van der Waals surface area contributed by atoms with Gasteiger partial charge in [-0.25, -0.2) is 0 Å². The first-order valence-electron chi connectivity index (χ1n) is 20.8. The number of anilines is 3. The average Bonchev–Trinajstić information content (AvgIpc) is 3.26. The predicted molar refractivity (Wildman–Crippen MR) is 255 cm³/mol. The van der Waals surface area contributed by atoms with E-state index in [-0.39, 0.29) is 10.8 Å². The maximum absolute atomic E-state index is 2.42. The monoisotopic (exact) mass is 761 g/mol. The van der Waals surface area contributed by atoms with E-state index in [4.69, 9.17) is 0 Å². The lowest BCUT2D eigenvalue weighted by atomic mass is 9.78. The number of nitrogens with zero attached hydrogens (tertiary/aromatic N) is 1. The van der Waals surface area contributed by atoms with E-state index in [1.807, 2.05) is 0 Å². The average molecular weight is 762 g/mol. The summed E-state index contributed by atoms with van der Waals surface area (Å²) in [5, 5.41) is 5.03. The van der Waals surface area contributed by atoms with Crippen LogP contribution in [0.5, 0.6) is 0 Å². The molecule has 0 unspecified atom stereocenters. The second kappa shape index (κ2) is 15.2. The third-order valence-corrected chi connectivity index (χ3v) is 11.8. The smallest absolute Gasteiger partial charge is 0.0540 e. The molecule has 1 heteroatoms. The van der Waals surface area contributed by atoms with Gasteiger partial charge in [-0.2, -0.15) is 0 Å². The topological polar surface area (TPSA) is 3.24 Å². The van der Waals surface area contributed by atoms with Crippen molar-refractivity contribution in [3.05, 3.63) is 211 Å². The van der Waals surface area contributed by atoms with E-state index in [0.29, 0.717) is 0 Å². The van der Waals surface area contributed by atoms with Crippen molar-refractivity contribution in [1.29, 1.82) is 0 Å². The molecular weight excluding hydrogens is 711 g/mol. The number of rotatable bonds is 7. The highest BCUT2D eigenvalue weighted by Crippen LogP contribution is 2.46. The van der Waals surface area contributed by atoms with Crippen molar-refractivity contribution in [2.24, 2.45) is 0 Å². The molecule has 0 amide bonds. The van der Waals surface area contributed by atoms with Crippen molar-refractivity contribution in [1.82, 2.24) is 0 Å². The highest BCUT2D eigenvalue weighted by Gasteiger charge is 2.23. The van der Waals surface area contributed by atoms with Crippen molar-refractivity contribution >= 4 is 38.6 Å². The molecule has 0 aromatic heterocycles. The van der Waals surface area contributed by atoms with Gasteiger partial charge in [0.25, 0.3) is 0 Å². The highest BCUT2D eigenvalue weighted by atomic mass is 15.1. The van der Waals surface area contributed by atoms with Crippen LogP contribution in [-0.4, -0.2) is 0 Å². The molecule has 0 aliphatic heterocycles. The van der Waals surface area contributed by atoms with Crippen LogP contribution in [0.1, 0.15) is 52.7 Å². The van der Waals surface area contributed by atoms with Gasteiger partial charge in [-0.15, -0.1) is 0 Å². The Balaban J connectivity index is 1.15. The van der Waals surface area contributed by atoms with E-state index in [1.165, 1.54) is 77.2 Å². The van der Waals surface area contributed by atoms with Crippen molar-refractivity contribution in [3.8, 4) is 44.5 Å². The SMILES string of the molecule is CC(C)(C)c1cc(-c2cccc3cccc(-c4ccccc4N(c4ccccc4)c4ccc(-c5ccc(-c6cccc7ccccc67)cc5)cc4)c23)cc(C(C)(C)C)c1. The molecule has 0 heterocycles. The molecule has 0 spiro atoms. The highest BCUT2D eigenvalue weighted by molar-refractivity contribution is 6.09. The van der Waals surface area contributed by atoms with Crippen molar-refractivity contribution in [2.75, 3.05) is 4.90 Å². The summed E-state index contributed by atoms with van der Waals surface area (Å²) >= 11 is 0. The summed E-state index contributed by atoms with van der Waals surface area (Å²) in [6, 6.07) is 73.6. The zero-order valence-corrected chi connectivity index (χ0v) is 35.0. The van der Waals surface area contributed by atoms with Gasteiger partial charge in [0, 0.05) is 16.9 Å². The Morgan fingerprint density at radius 2 is 0.797 bits per heavy atom. The van der Waals surface area contributed by atoms with E-state index in [2.05, 4.69) is 247 Å². The molecule has 0 saturated carbocycles. The van der Waals surface area contributed by atoms with E-state index < -0.39 is 0 Å². The fourth-order valence-electron chi connectivity index (χ4n) is 8.48. The minimum Gasteiger partial charge on any atom is -0.310 e. The Morgan fingerprint density at radius 3 is 1.46 bits per heavy atom. The fourth-order valence-corrected chi connectivity index (χ4v) is 8.48. The van der Waals surface area contributed by atoms with Crippen LogP contribution in [0.4, 0.5) is 17.1 Å². The minimum atomic E-state index is 0.0166. The lowest BCUT2D eigenvalue weighted by Gasteiger charge is -2.29. The molecule has 0 aliphatic rings. The maximum atomic E-state index is 2.42. The Bertz CT molecular complexity index is 2880. The third kappa shape index (κ3) is 7.46. The molecule has 0 fully saturated rings. The number of benzene rings is 9. The Morgan fingerprint density at radius 1 is 0.322 bits per heavy atom. The van der Waals surface area contributed by atoms with E-state index in [0.717, 1.165) is 17.1 Å². The van der Waals surface area contributed by atoms with Crippen LogP contribution in [0.2, 0.25) is 0 Å².